The molecule has 4 nitrogen and oxygen atoms in total. The largest absolute Gasteiger partial charge is 0.340 e. The van der Waals surface area contributed by atoms with E-state index in [1.54, 1.807) is 6.20 Å². The first-order valence-electron chi connectivity index (χ1n) is 7.46. The van der Waals surface area contributed by atoms with E-state index in [-0.39, 0.29) is 0 Å². The Labute approximate surface area is 144 Å². The Kier molecular flexibility index (Phi) is 4.88. The molecular weight excluding hydrogens is 352 g/mol. The van der Waals surface area contributed by atoms with Gasteiger partial charge >= 0.3 is 0 Å². The van der Waals surface area contributed by atoms with Crippen molar-refractivity contribution in [2.75, 3.05) is 10.6 Å². The highest BCUT2D eigenvalue weighted by Crippen LogP contribution is 2.25. The van der Waals surface area contributed by atoms with Crippen LogP contribution in [0.1, 0.15) is 12.5 Å². The van der Waals surface area contributed by atoms with Gasteiger partial charge in [0.1, 0.15) is 5.82 Å². The van der Waals surface area contributed by atoms with Crippen LogP contribution in [-0.2, 0) is 6.42 Å². The first-order valence-corrected chi connectivity index (χ1v) is 8.25. The zero-order valence-electron chi connectivity index (χ0n) is 12.8. The Balaban J connectivity index is 1.81. The summed E-state index contributed by atoms with van der Waals surface area (Å²) >= 11 is 3.51. The minimum absolute atomic E-state index is 0.552. The van der Waals surface area contributed by atoms with Gasteiger partial charge in [-0.3, -0.25) is 0 Å². The molecule has 0 saturated carbocycles. The lowest BCUT2D eigenvalue weighted by molar-refractivity contribution is 1.13. The van der Waals surface area contributed by atoms with E-state index < -0.39 is 0 Å². The third-order valence-electron chi connectivity index (χ3n) is 3.44. The van der Waals surface area contributed by atoms with Crippen LogP contribution in [0.3, 0.4) is 0 Å². The molecule has 3 aromatic rings. The molecule has 116 valence electrons. The second-order valence-electron chi connectivity index (χ2n) is 5.01. The molecule has 3 rings (SSSR count). The molecule has 0 atom stereocenters. The number of benzene rings is 2. The molecule has 0 radical (unpaired) electrons. The van der Waals surface area contributed by atoms with Crippen LogP contribution < -0.4 is 10.6 Å². The third-order valence-corrected chi connectivity index (χ3v) is 4.13. The fourth-order valence-corrected chi connectivity index (χ4v) is 2.64. The minimum atomic E-state index is 0.552. The van der Waals surface area contributed by atoms with E-state index in [2.05, 4.69) is 55.6 Å². The zero-order valence-corrected chi connectivity index (χ0v) is 14.3. The summed E-state index contributed by atoms with van der Waals surface area (Å²) in [5.41, 5.74) is 3.26. The molecule has 0 amide bonds. The molecule has 1 aromatic heterocycles. The third kappa shape index (κ3) is 3.87. The van der Waals surface area contributed by atoms with Crippen molar-refractivity contribution < 1.29 is 0 Å². The van der Waals surface area contributed by atoms with Crippen molar-refractivity contribution in [2.24, 2.45) is 0 Å². The highest BCUT2D eigenvalue weighted by atomic mass is 79.9. The minimum Gasteiger partial charge on any atom is -0.340 e. The average Bonchev–Trinajstić information content (AvgIpc) is 2.58. The van der Waals surface area contributed by atoms with Crippen LogP contribution in [0.15, 0.2) is 65.3 Å². The number of nitrogens with zero attached hydrogens (tertiary/aromatic N) is 2. The molecule has 0 aliphatic heterocycles. The second-order valence-corrected chi connectivity index (χ2v) is 5.86. The average molecular weight is 369 g/mol. The van der Waals surface area contributed by atoms with Gasteiger partial charge in [-0.15, -0.1) is 0 Å². The van der Waals surface area contributed by atoms with E-state index in [4.69, 9.17) is 0 Å². The van der Waals surface area contributed by atoms with Gasteiger partial charge in [-0.05, 0) is 52.2 Å². The fraction of sp³-hybridized carbons (Fsp3) is 0.111. The lowest BCUT2D eigenvalue weighted by Crippen LogP contribution is -2.02. The maximum atomic E-state index is 4.53. The maximum absolute atomic E-state index is 4.53. The molecule has 0 saturated heterocycles. The summed E-state index contributed by atoms with van der Waals surface area (Å²) < 4.78 is 0.971. The van der Waals surface area contributed by atoms with Crippen molar-refractivity contribution in [2.45, 2.75) is 13.3 Å². The molecule has 2 N–H and O–H groups in total. The summed E-state index contributed by atoms with van der Waals surface area (Å²) in [6.45, 7) is 2.14. The quantitative estimate of drug-likeness (QED) is 0.642. The van der Waals surface area contributed by atoms with Gasteiger partial charge in [0.05, 0.1) is 5.69 Å². The number of hydrogen-bond donors (Lipinski definition) is 2. The van der Waals surface area contributed by atoms with E-state index >= 15 is 0 Å². The van der Waals surface area contributed by atoms with Crippen LogP contribution in [0.25, 0.3) is 0 Å². The van der Waals surface area contributed by atoms with Crippen molar-refractivity contribution in [3.8, 4) is 0 Å². The van der Waals surface area contributed by atoms with Gasteiger partial charge in [0.25, 0.3) is 0 Å². The van der Waals surface area contributed by atoms with Crippen LogP contribution in [0.4, 0.5) is 23.1 Å². The lowest BCUT2D eigenvalue weighted by atomic mass is 10.1. The first kappa shape index (κ1) is 15.5. The second kappa shape index (κ2) is 7.24. The number of anilines is 4. The molecule has 5 heteroatoms. The molecule has 0 aliphatic rings. The van der Waals surface area contributed by atoms with Gasteiger partial charge in [-0.1, -0.05) is 37.3 Å². The number of nitrogens with one attached hydrogen (secondary N) is 2. The summed E-state index contributed by atoms with van der Waals surface area (Å²) in [4.78, 5) is 8.80. The van der Waals surface area contributed by atoms with E-state index in [9.17, 15) is 0 Å². The molecule has 1 heterocycles. The van der Waals surface area contributed by atoms with Gasteiger partial charge in [0, 0.05) is 16.4 Å². The standard InChI is InChI=1S/C18H17BrN4/c1-2-13-7-3-5-9-15(13)21-17-11-12-20-18(23-17)22-16-10-6-4-8-14(16)19/h3-12H,2H2,1H3,(H2,20,21,22,23). The summed E-state index contributed by atoms with van der Waals surface area (Å²) in [7, 11) is 0. The summed E-state index contributed by atoms with van der Waals surface area (Å²) in [6, 6.07) is 18.0. The van der Waals surface area contributed by atoms with E-state index in [0.717, 1.165) is 28.1 Å². The molecule has 2 aromatic carbocycles. The number of aryl methyl sites for hydroxylation is 1. The van der Waals surface area contributed by atoms with Crippen molar-refractivity contribution in [3.63, 3.8) is 0 Å². The summed E-state index contributed by atoms with van der Waals surface area (Å²) in [5, 5.41) is 6.58. The fourth-order valence-electron chi connectivity index (χ4n) is 2.26. The van der Waals surface area contributed by atoms with Crippen LogP contribution in [0.5, 0.6) is 0 Å². The van der Waals surface area contributed by atoms with E-state index in [1.807, 2.05) is 42.5 Å². The monoisotopic (exact) mass is 368 g/mol. The molecular formula is C18H17BrN4. The number of aromatic nitrogens is 2. The summed E-state index contributed by atoms with van der Waals surface area (Å²) in [6.07, 6.45) is 2.71. The predicted molar refractivity (Wildman–Crippen MR) is 98.6 cm³/mol. The van der Waals surface area contributed by atoms with Gasteiger partial charge in [-0.25, -0.2) is 4.98 Å². The first-order chi connectivity index (χ1) is 11.3. The molecule has 0 spiro atoms. The van der Waals surface area contributed by atoms with Crippen molar-refractivity contribution in [1.82, 2.24) is 9.97 Å². The lowest BCUT2D eigenvalue weighted by Gasteiger charge is -2.11. The normalized spacial score (nSPS) is 10.3. The van der Waals surface area contributed by atoms with Crippen molar-refractivity contribution in [1.29, 1.82) is 0 Å². The van der Waals surface area contributed by atoms with Gasteiger partial charge in [0.2, 0.25) is 5.95 Å². The highest BCUT2D eigenvalue weighted by molar-refractivity contribution is 9.10. The van der Waals surface area contributed by atoms with Crippen LogP contribution in [0.2, 0.25) is 0 Å². The van der Waals surface area contributed by atoms with E-state index in [0.29, 0.717) is 5.95 Å². The number of halogens is 1. The topological polar surface area (TPSA) is 49.8 Å². The van der Waals surface area contributed by atoms with Crippen LogP contribution in [-0.4, -0.2) is 9.97 Å². The number of para-hydroxylation sites is 2. The summed E-state index contributed by atoms with van der Waals surface area (Å²) in [5.74, 6) is 1.31. The van der Waals surface area contributed by atoms with Gasteiger partial charge < -0.3 is 10.6 Å². The molecule has 0 bridgehead atoms. The number of rotatable bonds is 5. The number of hydrogen-bond acceptors (Lipinski definition) is 4. The SMILES string of the molecule is CCc1ccccc1Nc1ccnc(Nc2ccccc2Br)n1. The van der Waals surface area contributed by atoms with Gasteiger partial charge in [-0.2, -0.15) is 4.98 Å². The predicted octanol–water partition coefficient (Wildman–Crippen LogP) is 5.29. The van der Waals surface area contributed by atoms with Gasteiger partial charge in [0.15, 0.2) is 0 Å². The maximum Gasteiger partial charge on any atom is 0.229 e. The smallest absolute Gasteiger partial charge is 0.229 e. The molecule has 23 heavy (non-hydrogen) atoms. The van der Waals surface area contributed by atoms with Crippen LogP contribution >= 0.6 is 15.9 Å². The Hall–Kier alpha value is -2.40. The Bertz CT molecular complexity index is 804. The Morgan fingerprint density at radius 3 is 2.43 bits per heavy atom. The van der Waals surface area contributed by atoms with Crippen molar-refractivity contribution >= 4 is 39.1 Å². The molecule has 0 aliphatic carbocycles. The van der Waals surface area contributed by atoms with E-state index in [1.165, 1.54) is 5.56 Å². The molecule has 0 unspecified atom stereocenters. The zero-order chi connectivity index (χ0) is 16.1. The Morgan fingerprint density at radius 1 is 0.913 bits per heavy atom. The van der Waals surface area contributed by atoms with Crippen molar-refractivity contribution in [3.05, 3.63) is 70.8 Å². The van der Waals surface area contributed by atoms with Crippen LogP contribution in [0, 0.1) is 0 Å². The highest BCUT2D eigenvalue weighted by Gasteiger charge is 2.05. The Morgan fingerprint density at radius 2 is 1.65 bits per heavy atom. The molecule has 0 fully saturated rings.